The zero-order chi connectivity index (χ0) is 35.7. The van der Waals surface area contributed by atoms with Crippen LogP contribution in [0.5, 0.6) is 0 Å². The van der Waals surface area contributed by atoms with E-state index in [4.69, 9.17) is 28.1 Å². The van der Waals surface area contributed by atoms with Gasteiger partial charge in [0.2, 0.25) is 0 Å². The maximum atomic E-state index is 12.5. The van der Waals surface area contributed by atoms with E-state index >= 15 is 0 Å². The van der Waals surface area contributed by atoms with Crippen molar-refractivity contribution in [3.8, 4) is 0 Å². The van der Waals surface area contributed by atoms with E-state index in [0.717, 1.165) is 56.9 Å². The molecule has 0 spiro atoms. The number of carbonyl (C=O) groups excluding carboxylic acids is 1. The Morgan fingerprint density at radius 3 is 2.36 bits per heavy atom. The molecule has 0 amide bonds. The molecule has 6 aliphatic rings. The van der Waals surface area contributed by atoms with Crippen LogP contribution in [0.15, 0.2) is 27.6 Å². The van der Waals surface area contributed by atoms with Gasteiger partial charge in [0.05, 0.1) is 25.1 Å². The Hall–Kier alpha value is -1.94. The predicted octanol–water partition coefficient (Wildman–Crippen LogP) is 1.98. The van der Waals surface area contributed by atoms with E-state index in [1.54, 1.807) is 13.2 Å². The Balaban J connectivity index is 1.02. The average molecular weight is 707 g/mol. The highest BCUT2D eigenvalue weighted by molar-refractivity contribution is 5.66. The van der Waals surface area contributed by atoms with E-state index in [0.29, 0.717) is 23.7 Å². The Kier molecular flexibility index (Phi) is 10.1. The van der Waals surface area contributed by atoms with Crippen molar-refractivity contribution in [2.75, 3.05) is 6.61 Å². The fourth-order valence-corrected chi connectivity index (χ4v) is 11.3. The minimum Gasteiger partial charge on any atom is -0.462 e. The summed E-state index contributed by atoms with van der Waals surface area (Å²) in [7, 11) is 0. The van der Waals surface area contributed by atoms with Gasteiger partial charge in [0, 0.05) is 18.4 Å². The highest BCUT2D eigenvalue weighted by atomic mass is 16.7. The number of ether oxygens (including phenoxy) is 5. The van der Waals surface area contributed by atoms with Gasteiger partial charge in [0.1, 0.15) is 42.7 Å². The molecule has 280 valence electrons. The van der Waals surface area contributed by atoms with Gasteiger partial charge in [-0.25, -0.2) is 4.79 Å². The molecule has 0 bridgehead atoms. The molecule has 3 heterocycles. The number of aliphatic hydroxyl groups excluding tert-OH is 5. The molecule has 13 heteroatoms. The maximum Gasteiger partial charge on any atom is 0.335 e. The molecule has 4 saturated carbocycles. The minimum atomic E-state index is -1.54. The van der Waals surface area contributed by atoms with E-state index in [2.05, 4.69) is 13.8 Å². The molecule has 4 aliphatic carbocycles. The smallest absolute Gasteiger partial charge is 0.335 e. The van der Waals surface area contributed by atoms with Crippen LogP contribution in [0.4, 0.5) is 0 Å². The summed E-state index contributed by atoms with van der Waals surface area (Å²) in [5, 5.41) is 52.2. The molecule has 6 fully saturated rings. The first-order valence-electron chi connectivity index (χ1n) is 18.5. The van der Waals surface area contributed by atoms with Crippen LogP contribution in [0, 0.1) is 34.5 Å². The highest BCUT2D eigenvalue weighted by Gasteiger charge is 2.65. The lowest BCUT2D eigenvalue weighted by Gasteiger charge is -2.62. The summed E-state index contributed by atoms with van der Waals surface area (Å²) in [6.07, 6.45) is -2.87. The standard InChI is InChI=1S/C37H54O13/c1-17-33(50-34-31(43)29(41)26(39)16-46-34)30(42)32(44)35(47-17)49-21-11-12-36(3)20(13-21)6-7-22-24-9-8-23(19-5-10-28(40)45-15-19)37(24,4)27(14-25(22)36)48-18(2)38/h5,10,15,17,20-27,29-35,39,41-44H,6-9,11-14,16H2,1-4H3/t17-,20?,21-,22-,23+,24+,25-,26+,27?,29-,30-,31+,32+,33-,34-,35-,36-,37+/m0/s1. The molecule has 7 rings (SSSR count). The summed E-state index contributed by atoms with van der Waals surface area (Å²) >= 11 is 0. The van der Waals surface area contributed by atoms with Crippen LogP contribution in [0.25, 0.3) is 0 Å². The fraction of sp³-hybridized carbons (Fsp3) is 0.838. The van der Waals surface area contributed by atoms with Crippen LogP contribution < -0.4 is 5.63 Å². The maximum absolute atomic E-state index is 12.5. The lowest BCUT2D eigenvalue weighted by molar-refractivity contribution is -0.350. The van der Waals surface area contributed by atoms with Crippen molar-refractivity contribution in [2.45, 2.75) is 152 Å². The lowest BCUT2D eigenvalue weighted by Crippen LogP contribution is -2.62. The average Bonchev–Trinajstić information content (AvgIpc) is 3.44. The van der Waals surface area contributed by atoms with Gasteiger partial charge >= 0.3 is 11.6 Å². The molecule has 2 aliphatic heterocycles. The molecule has 13 nitrogen and oxygen atoms in total. The number of hydrogen-bond donors (Lipinski definition) is 5. The second-order valence-electron chi connectivity index (χ2n) is 16.4. The predicted molar refractivity (Wildman–Crippen MR) is 174 cm³/mol. The SMILES string of the molecule is CC(=O)OC1C[C@H]2[C@@H](CCC3C[C@@H](O[C@@H]4O[C@@H](C)[C@H](O[C@@H]5OC[C@@H](O)[C@H](O)[C@H]5O)[C@@H](O)[C@H]4O)CC[C@@]32C)[C@H]2CC[C@H](c3ccc(=O)oc3)[C@@]12C. The molecule has 2 saturated heterocycles. The van der Waals surface area contributed by atoms with Gasteiger partial charge < -0.3 is 53.6 Å². The number of fused-ring (bicyclic) bond motifs is 5. The second-order valence-corrected chi connectivity index (χ2v) is 16.4. The summed E-state index contributed by atoms with van der Waals surface area (Å²) in [4.78, 5) is 24.3. The normalized spacial score (nSPS) is 50.5. The van der Waals surface area contributed by atoms with Crippen molar-refractivity contribution in [1.82, 2.24) is 0 Å². The van der Waals surface area contributed by atoms with Crippen molar-refractivity contribution in [3.05, 3.63) is 34.4 Å². The van der Waals surface area contributed by atoms with Crippen molar-refractivity contribution < 1.29 is 58.4 Å². The third kappa shape index (κ3) is 6.18. The summed E-state index contributed by atoms with van der Waals surface area (Å²) in [5.74, 6) is 1.43. The van der Waals surface area contributed by atoms with Crippen molar-refractivity contribution in [1.29, 1.82) is 0 Å². The number of rotatable bonds is 6. The monoisotopic (exact) mass is 706 g/mol. The fourth-order valence-electron chi connectivity index (χ4n) is 11.3. The molecule has 1 aromatic heterocycles. The van der Waals surface area contributed by atoms with E-state index in [1.165, 1.54) is 13.0 Å². The van der Waals surface area contributed by atoms with Crippen LogP contribution in [-0.4, -0.2) is 106 Å². The number of hydrogen-bond acceptors (Lipinski definition) is 13. The first kappa shape index (κ1) is 36.4. The molecule has 0 aromatic carbocycles. The molecule has 5 N–H and O–H groups in total. The van der Waals surface area contributed by atoms with Crippen LogP contribution in [0.3, 0.4) is 0 Å². The molecule has 50 heavy (non-hydrogen) atoms. The molecular formula is C37H54O13. The van der Waals surface area contributed by atoms with E-state index in [9.17, 15) is 35.1 Å². The summed E-state index contributed by atoms with van der Waals surface area (Å²) in [6.45, 7) is 7.59. The Morgan fingerprint density at radius 1 is 0.880 bits per heavy atom. The van der Waals surface area contributed by atoms with Crippen molar-refractivity contribution in [2.24, 2.45) is 34.5 Å². The Morgan fingerprint density at radius 2 is 1.64 bits per heavy atom. The molecular weight excluding hydrogens is 652 g/mol. The van der Waals surface area contributed by atoms with E-state index in [-0.39, 0.29) is 47.2 Å². The topological polar surface area (TPSA) is 195 Å². The Labute approximate surface area is 292 Å². The quantitative estimate of drug-likeness (QED) is 0.213. The van der Waals surface area contributed by atoms with Gasteiger partial charge in [0.25, 0.3) is 0 Å². The van der Waals surface area contributed by atoms with Gasteiger partial charge in [-0.15, -0.1) is 0 Å². The van der Waals surface area contributed by atoms with Crippen molar-refractivity contribution >= 4 is 5.97 Å². The van der Waals surface area contributed by atoms with Gasteiger partial charge in [-0.05, 0) is 105 Å². The van der Waals surface area contributed by atoms with Gasteiger partial charge in [-0.1, -0.05) is 13.8 Å². The lowest BCUT2D eigenvalue weighted by atomic mass is 9.44. The molecule has 2 unspecified atom stereocenters. The van der Waals surface area contributed by atoms with Crippen LogP contribution in [0.2, 0.25) is 0 Å². The second kappa shape index (κ2) is 13.8. The van der Waals surface area contributed by atoms with Crippen LogP contribution in [0.1, 0.15) is 90.5 Å². The minimum absolute atomic E-state index is 0.0108. The molecule has 18 atom stereocenters. The van der Waals surface area contributed by atoms with Crippen LogP contribution in [-0.2, 0) is 28.5 Å². The number of esters is 1. The largest absolute Gasteiger partial charge is 0.462 e. The van der Waals surface area contributed by atoms with Crippen LogP contribution >= 0.6 is 0 Å². The van der Waals surface area contributed by atoms with Crippen molar-refractivity contribution in [3.63, 3.8) is 0 Å². The third-order valence-electron chi connectivity index (χ3n) is 14.0. The Bertz CT molecular complexity index is 1420. The third-order valence-corrected chi connectivity index (χ3v) is 14.0. The molecule has 1 aromatic rings. The van der Waals surface area contributed by atoms with E-state index < -0.39 is 55.3 Å². The van der Waals surface area contributed by atoms with E-state index in [1.807, 2.05) is 6.07 Å². The van der Waals surface area contributed by atoms with Gasteiger partial charge in [0.15, 0.2) is 12.6 Å². The zero-order valence-corrected chi connectivity index (χ0v) is 29.3. The number of aliphatic hydroxyl groups is 5. The summed E-state index contributed by atoms with van der Waals surface area (Å²) in [6, 6.07) is 3.35. The number of carbonyl (C=O) groups is 1. The zero-order valence-electron chi connectivity index (χ0n) is 29.3. The summed E-state index contributed by atoms with van der Waals surface area (Å²) in [5.41, 5.74) is 0.358. The highest BCUT2D eigenvalue weighted by Crippen LogP contribution is 2.69. The first-order chi connectivity index (χ1) is 23.7. The van der Waals surface area contributed by atoms with Gasteiger partial charge in [-0.2, -0.15) is 0 Å². The first-order valence-corrected chi connectivity index (χ1v) is 18.5. The molecule has 0 radical (unpaired) electrons. The van der Waals surface area contributed by atoms with Gasteiger partial charge in [-0.3, -0.25) is 4.79 Å². The summed E-state index contributed by atoms with van der Waals surface area (Å²) < 4.78 is 35.0.